The van der Waals surface area contributed by atoms with Crippen LogP contribution in [0.3, 0.4) is 0 Å². The molecular formula is C15H15FN2O3. The SMILES string of the molecule is COc1cccc(OCC(=O)Nc2cc(F)ccc2N)c1. The van der Waals surface area contributed by atoms with Crippen molar-refractivity contribution in [2.24, 2.45) is 0 Å². The van der Waals surface area contributed by atoms with E-state index >= 15 is 0 Å². The monoisotopic (exact) mass is 290 g/mol. The number of ether oxygens (including phenoxy) is 2. The van der Waals surface area contributed by atoms with Gasteiger partial charge in [-0.3, -0.25) is 4.79 Å². The minimum absolute atomic E-state index is 0.217. The summed E-state index contributed by atoms with van der Waals surface area (Å²) in [6.07, 6.45) is 0. The van der Waals surface area contributed by atoms with Crippen molar-refractivity contribution in [3.8, 4) is 11.5 Å². The molecule has 0 fully saturated rings. The number of methoxy groups -OCH3 is 1. The predicted molar refractivity (Wildman–Crippen MR) is 77.9 cm³/mol. The second-order valence-corrected chi connectivity index (χ2v) is 4.25. The van der Waals surface area contributed by atoms with E-state index in [0.717, 1.165) is 6.07 Å². The number of halogens is 1. The number of benzene rings is 2. The van der Waals surface area contributed by atoms with E-state index in [1.54, 1.807) is 31.4 Å². The van der Waals surface area contributed by atoms with E-state index in [2.05, 4.69) is 5.32 Å². The van der Waals surface area contributed by atoms with E-state index in [1.165, 1.54) is 12.1 Å². The lowest BCUT2D eigenvalue weighted by atomic mass is 10.2. The minimum Gasteiger partial charge on any atom is -0.497 e. The van der Waals surface area contributed by atoms with Gasteiger partial charge in [0.1, 0.15) is 17.3 Å². The Labute approximate surface area is 121 Å². The first-order valence-corrected chi connectivity index (χ1v) is 6.20. The van der Waals surface area contributed by atoms with Crippen LogP contribution in [0.4, 0.5) is 15.8 Å². The fourth-order valence-electron chi connectivity index (χ4n) is 1.66. The van der Waals surface area contributed by atoms with Crippen LogP contribution in [-0.2, 0) is 4.79 Å². The molecule has 0 atom stereocenters. The molecule has 2 aromatic carbocycles. The highest BCUT2D eigenvalue weighted by molar-refractivity contribution is 5.94. The van der Waals surface area contributed by atoms with Crippen molar-refractivity contribution in [1.82, 2.24) is 0 Å². The summed E-state index contributed by atoms with van der Waals surface area (Å²) in [4.78, 5) is 11.8. The summed E-state index contributed by atoms with van der Waals surface area (Å²) in [5, 5.41) is 2.49. The van der Waals surface area contributed by atoms with Crippen molar-refractivity contribution in [2.75, 3.05) is 24.8 Å². The first kappa shape index (κ1) is 14.6. The number of hydrogen-bond acceptors (Lipinski definition) is 4. The molecule has 2 aromatic rings. The van der Waals surface area contributed by atoms with Crippen LogP contribution in [0.1, 0.15) is 0 Å². The summed E-state index contributed by atoms with van der Waals surface area (Å²) < 4.78 is 23.5. The van der Waals surface area contributed by atoms with E-state index in [4.69, 9.17) is 15.2 Å². The highest BCUT2D eigenvalue weighted by Crippen LogP contribution is 2.20. The Morgan fingerprint density at radius 3 is 2.76 bits per heavy atom. The zero-order valence-corrected chi connectivity index (χ0v) is 11.4. The molecule has 0 aliphatic heterocycles. The predicted octanol–water partition coefficient (Wildman–Crippen LogP) is 2.43. The average Bonchev–Trinajstić information content (AvgIpc) is 2.49. The lowest BCUT2D eigenvalue weighted by molar-refractivity contribution is -0.118. The van der Waals surface area contributed by atoms with Gasteiger partial charge in [-0.05, 0) is 30.3 Å². The van der Waals surface area contributed by atoms with Crippen LogP contribution in [0.2, 0.25) is 0 Å². The maximum absolute atomic E-state index is 13.1. The van der Waals surface area contributed by atoms with E-state index in [-0.39, 0.29) is 18.0 Å². The molecule has 0 aliphatic rings. The normalized spacial score (nSPS) is 10.0. The number of nitrogens with two attached hydrogens (primary N) is 1. The molecule has 1 amide bonds. The molecule has 0 heterocycles. The zero-order chi connectivity index (χ0) is 15.2. The standard InChI is InChI=1S/C15H15FN2O3/c1-20-11-3-2-4-12(8-11)21-9-15(19)18-14-7-10(16)5-6-13(14)17/h2-8H,9,17H2,1H3,(H,18,19). The van der Waals surface area contributed by atoms with Gasteiger partial charge >= 0.3 is 0 Å². The van der Waals surface area contributed by atoms with Crippen molar-refractivity contribution < 1.29 is 18.7 Å². The van der Waals surface area contributed by atoms with Crippen LogP contribution in [0.15, 0.2) is 42.5 Å². The number of amides is 1. The topological polar surface area (TPSA) is 73.6 Å². The Balaban J connectivity index is 1.94. The van der Waals surface area contributed by atoms with Gasteiger partial charge in [0.15, 0.2) is 6.61 Å². The van der Waals surface area contributed by atoms with E-state index in [1.807, 2.05) is 0 Å². The van der Waals surface area contributed by atoms with Crippen molar-refractivity contribution in [3.63, 3.8) is 0 Å². The van der Waals surface area contributed by atoms with Gasteiger partial charge in [-0.1, -0.05) is 6.07 Å². The van der Waals surface area contributed by atoms with Crippen LogP contribution < -0.4 is 20.5 Å². The Hall–Kier alpha value is -2.76. The van der Waals surface area contributed by atoms with Crippen molar-refractivity contribution in [2.45, 2.75) is 0 Å². The smallest absolute Gasteiger partial charge is 0.262 e. The van der Waals surface area contributed by atoms with Gasteiger partial charge in [-0.2, -0.15) is 0 Å². The molecule has 6 heteroatoms. The van der Waals surface area contributed by atoms with Crippen LogP contribution in [-0.4, -0.2) is 19.6 Å². The van der Waals surface area contributed by atoms with E-state index in [0.29, 0.717) is 11.5 Å². The summed E-state index contributed by atoms with van der Waals surface area (Å²) in [5.41, 5.74) is 6.14. The minimum atomic E-state index is -0.479. The molecular weight excluding hydrogens is 275 g/mol. The lowest BCUT2D eigenvalue weighted by Gasteiger charge is -2.10. The number of anilines is 2. The van der Waals surface area contributed by atoms with E-state index in [9.17, 15) is 9.18 Å². The number of carbonyl (C=O) groups excluding carboxylic acids is 1. The maximum atomic E-state index is 13.1. The molecule has 0 bridgehead atoms. The van der Waals surface area contributed by atoms with Gasteiger partial charge in [0.2, 0.25) is 0 Å². The molecule has 0 aromatic heterocycles. The molecule has 0 saturated heterocycles. The molecule has 0 radical (unpaired) electrons. The lowest BCUT2D eigenvalue weighted by Crippen LogP contribution is -2.20. The molecule has 0 saturated carbocycles. The van der Waals surface area contributed by atoms with Gasteiger partial charge in [0, 0.05) is 6.07 Å². The molecule has 0 aliphatic carbocycles. The first-order chi connectivity index (χ1) is 10.1. The Kier molecular flexibility index (Phi) is 4.61. The van der Waals surface area contributed by atoms with Gasteiger partial charge in [0.25, 0.3) is 5.91 Å². The average molecular weight is 290 g/mol. The summed E-state index contributed by atoms with van der Waals surface area (Å²) >= 11 is 0. The molecule has 3 N–H and O–H groups in total. The molecule has 5 nitrogen and oxygen atoms in total. The molecule has 21 heavy (non-hydrogen) atoms. The summed E-state index contributed by atoms with van der Waals surface area (Å²) in [6.45, 7) is -0.219. The fourth-order valence-corrected chi connectivity index (χ4v) is 1.66. The third-order valence-corrected chi connectivity index (χ3v) is 2.70. The van der Waals surface area contributed by atoms with Crippen molar-refractivity contribution >= 4 is 17.3 Å². The van der Waals surface area contributed by atoms with Crippen molar-refractivity contribution in [3.05, 3.63) is 48.3 Å². The summed E-state index contributed by atoms with van der Waals surface area (Å²) in [5.74, 6) is 0.210. The van der Waals surface area contributed by atoms with E-state index < -0.39 is 11.7 Å². The highest BCUT2D eigenvalue weighted by Gasteiger charge is 2.07. The maximum Gasteiger partial charge on any atom is 0.262 e. The Morgan fingerprint density at radius 2 is 2.00 bits per heavy atom. The highest BCUT2D eigenvalue weighted by atomic mass is 19.1. The molecule has 2 rings (SSSR count). The van der Waals surface area contributed by atoms with Gasteiger partial charge < -0.3 is 20.5 Å². The zero-order valence-electron chi connectivity index (χ0n) is 11.4. The number of hydrogen-bond donors (Lipinski definition) is 2. The Bertz CT molecular complexity index is 647. The number of rotatable bonds is 5. The molecule has 0 unspecified atom stereocenters. The van der Waals surface area contributed by atoms with Gasteiger partial charge in [-0.25, -0.2) is 4.39 Å². The first-order valence-electron chi connectivity index (χ1n) is 6.20. The Morgan fingerprint density at radius 1 is 1.24 bits per heavy atom. The quantitative estimate of drug-likeness (QED) is 0.829. The van der Waals surface area contributed by atoms with Crippen molar-refractivity contribution in [1.29, 1.82) is 0 Å². The fraction of sp³-hybridized carbons (Fsp3) is 0.133. The summed E-state index contributed by atoms with van der Waals surface area (Å²) in [7, 11) is 1.54. The molecule has 110 valence electrons. The van der Waals surface area contributed by atoms with Gasteiger partial charge in [-0.15, -0.1) is 0 Å². The van der Waals surface area contributed by atoms with Crippen LogP contribution in [0.5, 0.6) is 11.5 Å². The van der Waals surface area contributed by atoms with Crippen LogP contribution in [0, 0.1) is 5.82 Å². The largest absolute Gasteiger partial charge is 0.497 e. The second-order valence-electron chi connectivity index (χ2n) is 4.25. The van der Waals surface area contributed by atoms with Crippen LogP contribution in [0.25, 0.3) is 0 Å². The number of nitrogen functional groups attached to an aromatic ring is 1. The summed E-state index contributed by atoms with van der Waals surface area (Å²) in [6, 6.07) is 10.6. The van der Waals surface area contributed by atoms with Crippen LogP contribution >= 0.6 is 0 Å². The molecule has 0 spiro atoms. The third-order valence-electron chi connectivity index (χ3n) is 2.70. The number of nitrogens with one attached hydrogen (secondary N) is 1. The van der Waals surface area contributed by atoms with Gasteiger partial charge in [0.05, 0.1) is 18.5 Å². The number of carbonyl (C=O) groups is 1. The third kappa shape index (κ3) is 4.10. The second kappa shape index (κ2) is 6.60.